The normalized spacial score (nSPS) is 11.3. The van der Waals surface area contributed by atoms with Crippen molar-refractivity contribution in [1.29, 1.82) is 0 Å². The van der Waals surface area contributed by atoms with E-state index >= 15 is 0 Å². The van der Waals surface area contributed by atoms with Gasteiger partial charge in [0.15, 0.2) is 0 Å². The minimum Gasteiger partial charge on any atom is -0.489 e. The predicted octanol–water partition coefficient (Wildman–Crippen LogP) is 2.44. The average Bonchev–Trinajstić information content (AvgIpc) is 2.30. The molecule has 0 saturated carbocycles. The maximum absolute atomic E-state index is 8.81. The quantitative estimate of drug-likeness (QED) is 0.725. The van der Waals surface area contributed by atoms with Crippen molar-refractivity contribution in [2.45, 2.75) is 13.8 Å². The Labute approximate surface area is 96.8 Å². The molecule has 0 aliphatic carbocycles. The molecule has 0 unspecified atom stereocenters. The highest BCUT2D eigenvalue weighted by Crippen LogP contribution is 2.17. The SMILES string of the molecule is CCNc1cccc(OC/C=C(\C)CO)c1. The third-order valence-corrected chi connectivity index (χ3v) is 2.15. The molecule has 0 heterocycles. The van der Waals surface area contributed by atoms with E-state index in [1.807, 2.05) is 37.3 Å². The van der Waals surface area contributed by atoms with Crippen LogP contribution in [0, 0.1) is 0 Å². The van der Waals surface area contributed by atoms with Gasteiger partial charge in [0.05, 0.1) is 6.61 Å². The number of anilines is 1. The minimum atomic E-state index is 0.0841. The number of hydrogen-bond acceptors (Lipinski definition) is 3. The third-order valence-electron chi connectivity index (χ3n) is 2.15. The summed E-state index contributed by atoms with van der Waals surface area (Å²) < 4.78 is 5.54. The van der Waals surface area contributed by atoms with Gasteiger partial charge in [-0.25, -0.2) is 0 Å². The molecule has 88 valence electrons. The van der Waals surface area contributed by atoms with Gasteiger partial charge in [-0.2, -0.15) is 0 Å². The van der Waals surface area contributed by atoms with Crippen molar-refractivity contribution in [3.63, 3.8) is 0 Å². The number of benzene rings is 1. The van der Waals surface area contributed by atoms with Gasteiger partial charge in [-0.15, -0.1) is 0 Å². The summed E-state index contributed by atoms with van der Waals surface area (Å²) in [6.07, 6.45) is 1.87. The zero-order valence-electron chi connectivity index (χ0n) is 9.86. The van der Waals surface area contributed by atoms with Crippen molar-refractivity contribution in [1.82, 2.24) is 0 Å². The monoisotopic (exact) mass is 221 g/mol. The van der Waals surface area contributed by atoms with Crippen LogP contribution in [0.3, 0.4) is 0 Å². The molecule has 3 nitrogen and oxygen atoms in total. The molecule has 1 aromatic rings. The number of rotatable bonds is 6. The summed E-state index contributed by atoms with van der Waals surface area (Å²) in [5, 5.41) is 12.0. The lowest BCUT2D eigenvalue weighted by atomic mass is 10.3. The Morgan fingerprint density at radius 2 is 2.31 bits per heavy atom. The van der Waals surface area contributed by atoms with Gasteiger partial charge in [0, 0.05) is 18.3 Å². The molecule has 3 heteroatoms. The van der Waals surface area contributed by atoms with Crippen molar-refractivity contribution < 1.29 is 9.84 Å². The summed E-state index contributed by atoms with van der Waals surface area (Å²) in [6, 6.07) is 7.84. The Morgan fingerprint density at radius 3 is 3.00 bits per heavy atom. The van der Waals surface area contributed by atoms with E-state index in [0.29, 0.717) is 6.61 Å². The van der Waals surface area contributed by atoms with Gasteiger partial charge in [0.25, 0.3) is 0 Å². The highest BCUT2D eigenvalue weighted by atomic mass is 16.5. The Balaban J connectivity index is 2.50. The lowest BCUT2D eigenvalue weighted by Crippen LogP contribution is -1.99. The fourth-order valence-corrected chi connectivity index (χ4v) is 1.24. The lowest BCUT2D eigenvalue weighted by Gasteiger charge is -2.07. The molecular weight excluding hydrogens is 202 g/mol. The molecule has 16 heavy (non-hydrogen) atoms. The summed E-state index contributed by atoms with van der Waals surface area (Å²) in [4.78, 5) is 0. The molecule has 0 aliphatic rings. The first-order valence-corrected chi connectivity index (χ1v) is 5.49. The van der Waals surface area contributed by atoms with E-state index in [9.17, 15) is 0 Å². The fraction of sp³-hybridized carbons (Fsp3) is 0.385. The summed E-state index contributed by atoms with van der Waals surface area (Å²) in [6.45, 7) is 5.40. The van der Waals surface area contributed by atoms with Crippen LogP contribution in [0.2, 0.25) is 0 Å². The number of aliphatic hydroxyl groups is 1. The van der Waals surface area contributed by atoms with Gasteiger partial charge in [0.2, 0.25) is 0 Å². The fourth-order valence-electron chi connectivity index (χ4n) is 1.24. The minimum absolute atomic E-state index is 0.0841. The summed E-state index contributed by atoms with van der Waals surface area (Å²) in [5.41, 5.74) is 1.98. The average molecular weight is 221 g/mol. The Morgan fingerprint density at radius 1 is 1.50 bits per heavy atom. The van der Waals surface area contributed by atoms with Gasteiger partial charge in [0.1, 0.15) is 12.4 Å². The summed E-state index contributed by atoms with van der Waals surface area (Å²) >= 11 is 0. The van der Waals surface area contributed by atoms with E-state index in [4.69, 9.17) is 9.84 Å². The third kappa shape index (κ3) is 4.36. The van der Waals surface area contributed by atoms with E-state index < -0.39 is 0 Å². The number of hydrogen-bond donors (Lipinski definition) is 2. The second-order valence-electron chi connectivity index (χ2n) is 3.58. The van der Waals surface area contributed by atoms with E-state index in [-0.39, 0.29) is 6.61 Å². The van der Waals surface area contributed by atoms with Gasteiger partial charge in [-0.1, -0.05) is 6.07 Å². The second-order valence-corrected chi connectivity index (χ2v) is 3.58. The van der Waals surface area contributed by atoms with E-state index in [0.717, 1.165) is 23.6 Å². The van der Waals surface area contributed by atoms with Crippen molar-refractivity contribution in [3.05, 3.63) is 35.9 Å². The molecule has 1 aromatic carbocycles. The Kier molecular flexibility index (Phi) is 5.43. The standard InChI is InChI=1S/C13H19NO2/c1-3-14-12-5-4-6-13(9-12)16-8-7-11(2)10-15/h4-7,9,14-15H,3,8,10H2,1-2H3/b11-7+. The molecule has 2 N–H and O–H groups in total. The predicted molar refractivity (Wildman–Crippen MR) is 66.9 cm³/mol. The van der Waals surface area contributed by atoms with Crippen LogP contribution in [0.4, 0.5) is 5.69 Å². The molecule has 0 aliphatic heterocycles. The molecule has 0 amide bonds. The molecule has 0 aromatic heterocycles. The van der Waals surface area contributed by atoms with Crippen molar-refractivity contribution in [2.75, 3.05) is 25.1 Å². The van der Waals surface area contributed by atoms with Crippen LogP contribution in [-0.4, -0.2) is 24.9 Å². The van der Waals surface area contributed by atoms with Crippen LogP contribution < -0.4 is 10.1 Å². The van der Waals surface area contributed by atoms with Gasteiger partial charge in [-0.3, -0.25) is 0 Å². The summed E-state index contributed by atoms with van der Waals surface area (Å²) in [5.74, 6) is 0.834. The molecule has 0 atom stereocenters. The summed E-state index contributed by atoms with van der Waals surface area (Å²) in [7, 11) is 0. The molecule has 0 spiro atoms. The number of ether oxygens (including phenoxy) is 1. The molecule has 1 rings (SSSR count). The zero-order chi connectivity index (χ0) is 11.8. The first-order chi connectivity index (χ1) is 7.76. The first-order valence-electron chi connectivity index (χ1n) is 5.49. The zero-order valence-corrected chi connectivity index (χ0v) is 9.86. The smallest absolute Gasteiger partial charge is 0.121 e. The van der Waals surface area contributed by atoms with Crippen LogP contribution in [0.1, 0.15) is 13.8 Å². The lowest BCUT2D eigenvalue weighted by molar-refractivity contribution is 0.325. The van der Waals surface area contributed by atoms with E-state index in [1.54, 1.807) is 0 Å². The van der Waals surface area contributed by atoms with Gasteiger partial charge in [-0.05, 0) is 37.6 Å². The maximum atomic E-state index is 8.81. The van der Waals surface area contributed by atoms with Crippen LogP contribution >= 0.6 is 0 Å². The van der Waals surface area contributed by atoms with Crippen LogP contribution in [0.25, 0.3) is 0 Å². The van der Waals surface area contributed by atoms with E-state index in [1.165, 1.54) is 0 Å². The maximum Gasteiger partial charge on any atom is 0.121 e. The van der Waals surface area contributed by atoms with Crippen LogP contribution in [0.5, 0.6) is 5.75 Å². The van der Waals surface area contributed by atoms with Crippen LogP contribution in [0.15, 0.2) is 35.9 Å². The number of aliphatic hydroxyl groups excluding tert-OH is 1. The molecular formula is C13H19NO2. The van der Waals surface area contributed by atoms with Crippen molar-refractivity contribution in [2.24, 2.45) is 0 Å². The first kappa shape index (κ1) is 12.6. The molecule has 0 radical (unpaired) electrons. The highest BCUT2D eigenvalue weighted by molar-refractivity contribution is 5.47. The largest absolute Gasteiger partial charge is 0.489 e. The molecule has 0 bridgehead atoms. The Bertz CT molecular complexity index is 348. The molecule has 0 saturated heterocycles. The van der Waals surface area contributed by atoms with Crippen molar-refractivity contribution >= 4 is 5.69 Å². The number of nitrogens with one attached hydrogen (secondary N) is 1. The Hall–Kier alpha value is -1.48. The van der Waals surface area contributed by atoms with Gasteiger partial charge >= 0.3 is 0 Å². The van der Waals surface area contributed by atoms with Crippen molar-refractivity contribution in [3.8, 4) is 5.75 Å². The highest BCUT2D eigenvalue weighted by Gasteiger charge is 1.94. The van der Waals surface area contributed by atoms with Crippen LogP contribution in [-0.2, 0) is 0 Å². The van der Waals surface area contributed by atoms with Gasteiger partial charge < -0.3 is 15.2 Å². The second kappa shape index (κ2) is 6.90. The molecule has 0 fully saturated rings. The topological polar surface area (TPSA) is 41.5 Å². The van der Waals surface area contributed by atoms with E-state index in [2.05, 4.69) is 12.2 Å².